The quantitative estimate of drug-likeness (QED) is 0.782. The molecule has 16 heavy (non-hydrogen) atoms. The first-order valence-electron chi connectivity index (χ1n) is 5.65. The van der Waals surface area contributed by atoms with E-state index in [2.05, 4.69) is 21.3 Å². The van der Waals surface area contributed by atoms with Gasteiger partial charge in [-0.15, -0.1) is 0 Å². The second-order valence-electron chi connectivity index (χ2n) is 4.62. The van der Waals surface area contributed by atoms with E-state index in [-0.39, 0.29) is 0 Å². The molecule has 1 atom stereocenters. The van der Waals surface area contributed by atoms with Gasteiger partial charge in [0, 0.05) is 24.3 Å². The average molecular weight is 216 g/mol. The summed E-state index contributed by atoms with van der Waals surface area (Å²) in [6, 6.07) is 3.89. The van der Waals surface area contributed by atoms with Crippen molar-refractivity contribution >= 4 is 11.2 Å². The molecule has 4 nitrogen and oxygen atoms in total. The van der Waals surface area contributed by atoms with Crippen LogP contribution in [0, 0.1) is 0 Å². The molecule has 1 saturated heterocycles. The van der Waals surface area contributed by atoms with Crippen LogP contribution < -0.4 is 5.73 Å². The molecule has 1 fully saturated rings. The molecule has 2 aromatic heterocycles. The lowest BCUT2D eigenvalue weighted by molar-refractivity contribution is 0.409. The Bertz CT molecular complexity index is 517. The van der Waals surface area contributed by atoms with E-state index in [1.165, 1.54) is 12.2 Å². The van der Waals surface area contributed by atoms with Gasteiger partial charge in [0.1, 0.15) is 5.82 Å². The lowest BCUT2D eigenvalue weighted by Gasteiger charge is -2.09. The van der Waals surface area contributed by atoms with Crippen LogP contribution in [-0.4, -0.2) is 34.4 Å². The number of pyridine rings is 1. The molecular formula is C12H16N4. The number of hydrogen-bond acceptors (Lipinski definition) is 3. The highest BCUT2D eigenvalue weighted by Gasteiger charge is 2.24. The van der Waals surface area contributed by atoms with E-state index in [0.29, 0.717) is 5.92 Å². The highest BCUT2D eigenvalue weighted by atomic mass is 15.1. The number of hydrogen-bond donors (Lipinski definition) is 1. The molecule has 0 aliphatic carbocycles. The van der Waals surface area contributed by atoms with E-state index >= 15 is 0 Å². The van der Waals surface area contributed by atoms with Crippen LogP contribution in [0.15, 0.2) is 24.5 Å². The topological polar surface area (TPSA) is 46.6 Å². The van der Waals surface area contributed by atoms with E-state index in [9.17, 15) is 0 Å². The molecule has 4 heteroatoms. The summed E-state index contributed by atoms with van der Waals surface area (Å²) in [5.41, 5.74) is 7.64. The largest absolute Gasteiger partial charge is 0.399 e. The van der Waals surface area contributed by atoms with Crippen molar-refractivity contribution in [1.82, 2.24) is 14.3 Å². The van der Waals surface area contributed by atoms with Crippen molar-refractivity contribution in [3.05, 3.63) is 30.4 Å². The maximum atomic E-state index is 5.76. The molecule has 84 valence electrons. The lowest BCUT2D eigenvalue weighted by atomic mass is 10.1. The molecular weight excluding hydrogens is 200 g/mol. The van der Waals surface area contributed by atoms with Crippen molar-refractivity contribution in [3.8, 4) is 0 Å². The third-order valence-electron chi connectivity index (χ3n) is 3.34. The van der Waals surface area contributed by atoms with Gasteiger partial charge in [-0.3, -0.25) is 0 Å². The Morgan fingerprint density at radius 2 is 2.38 bits per heavy atom. The van der Waals surface area contributed by atoms with Gasteiger partial charge >= 0.3 is 0 Å². The summed E-state index contributed by atoms with van der Waals surface area (Å²) in [6.07, 6.45) is 5.12. The predicted molar refractivity (Wildman–Crippen MR) is 64.5 cm³/mol. The maximum Gasteiger partial charge on any atom is 0.117 e. The number of nitrogens with zero attached hydrogens (tertiary/aromatic N) is 3. The summed E-state index contributed by atoms with van der Waals surface area (Å²) < 4.78 is 2.15. The van der Waals surface area contributed by atoms with E-state index < -0.39 is 0 Å². The monoisotopic (exact) mass is 216 g/mol. The fraction of sp³-hybridized carbons (Fsp3) is 0.417. The van der Waals surface area contributed by atoms with Crippen molar-refractivity contribution in [2.75, 3.05) is 25.9 Å². The van der Waals surface area contributed by atoms with Crippen LogP contribution in [0.3, 0.4) is 0 Å². The highest BCUT2D eigenvalue weighted by Crippen LogP contribution is 2.26. The SMILES string of the molecule is CN1CCC(c2ncc3cc(N)ccn23)C1. The van der Waals surface area contributed by atoms with Crippen LogP contribution in [0.5, 0.6) is 0 Å². The van der Waals surface area contributed by atoms with Crippen LogP contribution in [-0.2, 0) is 0 Å². The molecule has 0 saturated carbocycles. The highest BCUT2D eigenvalue weighted by molar-refractivity contribution is 5.56. The van der Waals surface area contributed by atoms with Crippen LogP contribution in [0.1, 0.15) is 18.2 Å². The van der Waals surface area contributed by atoms with Crippen molar-refractivity contribution in [1.29, 1.82) is 0 Å². The Labute approximate surface area is 94.7 Å². The molecule has 0 amide bonds. The van der Waals surface area contributed by atoms with Gasteiger partial charge in [-0.05, 0) is 32.1 Å². The molecule has 1 unspecified atom stereocenters. The standard InChI is InChI=1S/C12H16N4/c1-15-4-2-9(8-15)12-14-7-11-6-10(13)3-5-16(11)12/h3,5-7,9H,2,4,8,13H2,1H3. The van der Waals surface area contributed by atoms with Gasteiger partial charge in [-0.1, -0.05) is 0 Å². The molecule has 2 N–H and O–H groups in total. The first-order chi connectivity index (χ1) is 7.74. The average Bonchev–Trinajstić information content (AvgIpc) is 2.83. The minimum absolute atomic E-state index is 0.552. The number of aromatic nitrogens is 2. The zero-order chi connectivity index (χ0) is 11.1. The van der Waals surface area contributed by atoms with E-state index in [0.717, 1.165) is 24.3 Å². The summed E-state index contributed by atoms with van der Waals surface area (Å²) in [7, 11) is 2.16. The smallest absolute Gasteiger partial charge is 0.117 e. The van der Waals surface area contributed by atoms with E-state index in [1.54, 1.807) is 0 Å². The number of likely N-dealkylation sites (N-methyl/N-ethyl adjacent to an activating group) is 1. The van der Waals surface area contributed by atoms with Crippen molar-refractivity contribution in [3.63, 3.8) is 0 Å². The number of anilines is 1. The van der Waals surface area contributed by atoms with Gasteiger partial charge in [-0.2, -0.15) is 0 Å². The Hall–Kier alpha value is -1.55. The number of fused-ring (bicyclic) bond motifs is 1. The summed E-state index contributed by atoms with van der Waals surface area (Å²) in [6.45, 7) is 2.26. The molecule has 0 spiro atoms. The molecule has 3 heterocycles. The van der Waals surface area contributed by atoms with Crippen molar-refractivity contribution in [2.24, 2.45) is 0 Å². The van der Waals surface area contributed by atoms with Crippen LogP contribution in [0.4, 0.5) is 5.69 Å². The van der Waals surface area contributed by atoms with Crippen LogP contribution in [0.25, 0.3) is 5.52 Å². The normalized spacial score (nSPS) is 21.9. The first-order valence-corrected chi connectivity index (χ1v) is 5.65. The van der Waals surface area contributed by atoms with Crippen molar-refractivity contribution in [2.45, 2.75) is 12.3 Å². The van der Waals surface area contributed by atoms with Crippen LogP contribution in [0.2, 0.25) is 0 Å². The Balaban J connectivity index is 2.04. The number of imidazole rings is 1. The van der Waals surface area contributed by atoms with Crippen molar-refractivity contribution < 1.29 is 0 Å². The summed E-state index contributed by atoms with van der Waals surface area (Å²) >= 11 is 0. The molecule has 1 aliphatic heterocycles. The summed E-state index contributed by atoms with van der Waals surface area (Å²) in [5.74, 6) is 1.72. The van der Waals surface area contributed by atoms with Gasteiger partial charge in [0.25, 0.3) is 0 Å². The third-order valence-corrected chi connectivity index (χ3v) is 3.34. The van der Waals surface area contributed by atoms with Gasteiger partial charge in [0.15, 0.2) is 0 Å². The number of nitrogen functional groups attached to an aromatic ring is 1. The fourth-order valence-corrected chi connectivity index (χ4v) is 2.49. The first kappa shape index (κ1) is 9.66. The molecule has 2 aromatic rings. The molecule has 0 aromatic carbocycles. The number of nitrogens with two attached hydrogens (primary N) is 1. The second-order valence-corrected chi connectivity index (χ2v) is 4.62. The molecule has 0 radical (unpaired) electrons. The maximum absolute atomic E-state index is 5.76. The summed E-state index contributed by atoms with van der Waals surface area (Å²) in [4.78, 5) is 6.88. The van der Waals surface area contributed by atoms with Crippen LogP contribution >= 0.6 is 0 Å². The minimum atomic E-state index is 0.552. The zero-order valence-corrected chi connectivity index (χ0v) is 9.43. The van der Waals surface area contributed by atoms with Gasteiger partial charge in [-0.25, -0.2) is 4.98 Å². The number of likely N-dealkylation sites (tertiary alicyclic amines) is 1. The van der Waals surface area contributed by atoms with E-state index in [1.807, 2.05) is 24.5 Å². The van der Waals surface area contributed by atoms with E-state index in [4.69, 9.17) is 5.73 Å². The zero-order valence-electron chi connectivity index (χ0n) is 9.43. The molecule has 0 bridgehead atoms. The Morgan fingerprint density at radius 3 is 3.12 bits per heavy atom. The Morgan fingerprint density at radius 1 is 1.50 bits per heavy atom. The van der Waals surface area contributed by atoms with Gasteiger partial charge in [0.2, 0.25) is 0 Å². The lowest BCUT2D eigenvalue weighted by Crippen LogP contribution is -2.14. The van der Waals surface area contributed by atoms with Gasteiger partial charge in [0.05, 0.1) is 11.7 Å². The minimum Gasteiger partial charge on any atom is -0.399 e. The Kier molecular flexibility index (Phi) is 2.11. The van der Waals surface area contributed by atoms with Gasteiger partial charge < -0.3 is 15.0 Å². The molecule has 1 aliphatic rings. The molecule has 3 rings (SSSR count). The second kappa shape index (κ2) is 3.49. The summed E-state index contributed by atoms with van der Waals surface area (Å²) in [5, 5.41) is 0. The fourth-order valence-electron chi connectivity index (χ4n) is 2.49. The number of rotatable bonds is 1. The predicted octanol–water partition coefficient (Wildman–Crippen LogP) is 1.34. The third kappa shape index (κ3) is 1.46.